The van der Waals surface area contributed by atoms with E-state index in [4.69, 9.17) is 16.9 Å². The summed E-state index contributed by atoms with van der Waals surface area (Å²) in [5.41, 5.74) is 4.30. The Morgan fingerprint density at radius 1 is 1.19 bits per heavy atom. The van der Waals surface area contributed by atoms with Crippen molar-refractivity contribution >= 4 is 28.9 Å². The van der Waals surface area contributed by atoms with Gasteiger partial charge in [0.25, 0.3) is 0 Å². The lowest BCUT2D eigenvalue weighted by molar-refractivity contribution is -0.122. The van der Waals surface area contributed by atoms with Gasteiger partial charge < -0.3 is 20.4 Å². The van der Waals surface area contributed by atoms with E-state index in [1.807, 2.05) is 18.2 Å². The second-order valence-electron chi connectivity index (χ2n) is 8.34. The average Bonchev–Trinajstić information content (AvgIpc) is 3.20. The van der Waals surface area contributed by atoms with E-state index in [1.54, 1.807) is 0 Å². The lowest BCUT2D eigenvalue weighted by Crippen LogP contribution is -2.43. The molecule has 1 amide bonds. The Labute approximate surface area is 188 Å². The van der Waals surface area contributed by atoms with Gasteiger partial charge in [-0.2, -0.15) is 5.26 Å². The van der Waals surface area contributed by atoms with Crippen molar-refractivity contribution in [3.05, 3.63) is 47.5 Å². The number of carbonyl (C=O) groups is 1. The van der Waals surface area contributed by atoms with E-state index in [0.29, 0.717) is 10.9 Å². The normalized spacial score (nSPS) is 21.1. The van der Waals surface area contributed by atoms with E-state index in [0.717, 1.165) is 56.0 Å². The summed E-state index contributed by atoms with van der Waals surface area (Å²) in [6, 6.07) is 16.3. The second kappa shape index (κ2) is 9.59. The van der Waals surface area contributed by atoms with Crippen molar-refractivity contribution in [3.8, 4) is 17.2 Å². The quantitative estimate of drug-likeness (QED) is 0.702. The zero-order valence-electron chi connectivity index (χ0n) is 17.8. The number of nitrogens with zero attached hydrogens (tertiary/aromatic N) is 3. The van der Waals surface area contributed by atoms with Gasteiger partial charge in [0, 0.05) is 38.4 Å². The number of rotatable bonds is 5. The molecule has 0 bridgehead atoms. The number of hydrogen-bond acceptors (Lipinski definition) is 5. The zero-order valence-corrected chi connectivity index (χ0v) is 18.5. The van der Waals surface area contributed by atoms with Crippen molar-refractivity contribution in [2.75, 3.05) is 49.1 Å². The summed E-state index contributed by atoms with van der Waals surface area (Å²) in [5.74, 6) is 0.253. The molecule has 2 saturated heterocycles. The maximum atomic E-state index is 12.6. The molecule has 2 aromatic carbocycles. The second-order valence-corrected chi connectivity index (χ2v) is 8.74. The van der Waals surface area contributed by atoms with Gasteiger partial charge in [0.2, 0.25) is 5.91 Å². The number of anilines is 2. The summed E-state index contributed by atoms with van der Waals surface area (Å²) >= 11 is 6.57. The summed E-state index contributed by atoms with van der Waals surface area (Å²) in [6.45, 7) is 6.98. The summed E-state index contributed by atoms with van der Waals surface area (Å²) in [5, 5.41) is 15.5. The molecular formula is C24H28ClN5O. The minimum Gasteiger partial charge on any atom is -0.369 e. The predicted molar refractivity (Wildman–Crippen MR) is 126 cm³/mol. The van der Waals surface area contributed by atoms with Crippen LogP contribution in [0.1, 0.15) is 13.3 Å². The fourth-order valence-corrected chi connectivity index (χ4v) is 4.73. The summed E-state index contributed by atoms with van der Waals surface area (Å²) in [7, 11) is 0. The average molecular weight is 438 g/mol. The number of hydrogen-bond donors (Lipinski definition) is 2. The minimum atomic E-state index is -0.314. The van der Waals surface area contributed by atoms with Crippen molar-refractivity contribution in [1.82, 2.24) is 10.6 Å². The van der Waals surface area contributed by atoms with Gasteiger partial charge in [0.15, 0.2) is 0 Å². The fraction of sp³-hybridized carbons (Fsp3) is 0.417. The van der Waals surface area contributed by atoms with Crippen molar-refractivity contribution in [2.24, 2.45) is 5.92 Å². The van der Waals surface area contributed by atoms with Gasteiger partial charge in [-0.3, -0.25) is 4.79 Å². The molecule has 0 aliphatic carbocycles. The van der Waals surface area contributed by atoms with E-state index in [-0.39, 0.29) is 18.5 Å². The highest BCUT2D eigenvalue weighted by Crippen LogP contribution is 2.37. The lowest BCUT2D eigenvalue weighted by atomic mass is 10.0. The first kappa shape index (κ1) is 21.5. The highest BCUT2D eigenvalue weighted by atomic mass is 35.5. The van der Waals surface area contributed by atoms with Crippen molar-refractivity contribution in [3.63, 3.8) is 0 Å². The van der Waals surface area contributed by atoms with E-state index in [9.17, 15) is 4.79 Å². The largest absolute Gasteiger partial charge is 0.369 e. The van der Waals surface area contributed by atoms with Crippen LogP contribution in [0.5, 0.6) is 0 Å². The Morgan fingerprint density at radius 3 is 2.61 bits per heavy atom. The smallest absolute Gasteiger partial charge is 0.243 e. The summed E-state index contributed by atoms with van der Waals surface area (Å²) in [4.78, 5) is 17.1. The molecule has 0 aromatic heterocycles. The van der Waals surface area contributed by atoms with E-state index >= 15 is 0 Å². The molecule has 162 valence electrons. The third-order valence-electron chi connectivity index (χ3n) is 6.09. The molecule has 0 saturated carbocycles. The van der Waals surface area contributed by atoms with Crippen LogP contribution in [0.25, 0.3) is 11.1 Å². The van der Waals surface area contributed by atoms with Crippen LogP contribution in [0.15, 0.2) is 42.5 Å². The summed E-state index contributed by atoms with van der Waals surface area (Å²) in [6.07, 6.45) is 0.747. The van der Waals surface area contributed by atoms with Crippen molar-refractivity contribution in [2.45, 2.75) is 19.4 Å². The lowest BCUT2D eigenvalue weighted by Gasteiger charge is -2.29. The monoisotopic (exact) mass is 437 g/mol. The number of carbonyl (C=O) groups excluding carboxylic acids is 1. The Kier molecular flexibility index (Phi) is 6.64. The molecule has 2 aliphatic rings. The molecule has 2 atom stereocenters. The maximum absolute atomic E-state index is 12.6. The summed E-state index contributed by atoms with van der Waals surface area (Å²) < 4.78 is 0. The third-order valence-corrected chi connectivity index (χ3v) is 6.41. The molecule has 2 fully saturated rings. The Morgan fingerprint density at radius 2 is 1.90 bits per heavy atom. The van der Waals surface area contributed by atoms with Gasteiger partial charge in [-0.25, -0.2) is 0 Å². The topological polar surface area (TPSA) is 71.4 Å². The number of nitrogens with one attached hydrogen (secondary N) is 2. The van der Waals surface area contributed by atoms with Crippen LogP contribution in [-0.4, -0.2) is 51.2 Å². The first-order chi connectivity index (χ1) is 15.1. The molecule has 4 rings (SSSR count). The predicted octanol–water partition coefficient (Wildman–Crippen LogP) is 3.27. The number of amides is 1. The third kappa shape index (κ3) is 4.79. The standard InChI is InChI=1S/C24H28ClN5O/c1-17-14-23(24(31)28-9-8-26)30(16-17)22-15-19(4-7-21(22)25)18-2-5-20(6-3-18)29-12-10-27-11-13-29/h2-7,15,17,23,27H,9-14,16H2,1H3,(H,28,31)/t17-,23-/m0/s1. The molecule has 0 spiro atoms. The molecule has 2 aliphatic heterocycles. The number of piperazine rings is 1. The van der Waals surface area contributed by atoms with Gasteiger partial charge in [0.1, 0.15) is 12.6 Å². The van der Waals surface area contributed by atoms with Crippen molar-refractivity contribution < 1.29 is 4.79 Å². The van der Waals surface area contributed by atoms with Crippen LogP contribution in [0.4, 0.5) is 11.4 Å². The van der Waals surface area contributed by atoms with Crippen LogP contribution in [-0.2, 0) is 4.79 Å². The van der Waals surface area contributed by atoms with Crippen LogP contribution in [0.2, 0.25) is 5.02 Å². The molecular weight excluding hydrogens is 410 g/mol. The fourth-order valence-electron chi connectivity index (χ4n) is 4.51. The Hall–Kier alpha value is -2.75. The molecule has 2 aromatic rings. The number of benzene rings is 2. The molecule has 31 heavy (non-hydrogen) atoms. The first-order valence-electron chi connectivity index (χ1n) is 10.8. The van der Waals surface area contributed by atoms with Gasteiger partial charge in [-0.05, 0) is 47.7 Å². The molecule has 2 N–H and O–H groups in total. The van der Waals surface area contributed by atoms with E-state index < -0.39 is 0 Å². The SMILES string of the molecule is C[C@H]1C[C@@H](C(=O)NCC#N)N(c2cc(-c3ccc(N4CCNCC4)cc3)ccc2Cl)C1. The highest BCUT2D eigenvalue weighted by molar-refractivity contribution is 6.33. The van der Waals surface area contributed by atoms with Gasteiger partial charge >= 0.3 is 0 Å². The van der Waals surface area contributed by atoms with Gasteiger partial charge in [-0.1, -0.05) is 36.7 Å². The first-order valence-corrected chi connectivity index (χ1v) is 11.2. The zero-order chi connectivity index (χ0) is 21.8. The van der Waals surface area contributed by atoms with Gasteiger partial charge in [-0.15, -0.1) is 0 Å². The molecule has 0 radical (unpaired) electrons. The van der Waals surface area contributed by atoms with Crippen LogP contribution in [0, 0.1) is 17.2 Å². The van der Waals surface area contributed by atoms with E-state index in [2.05, 4.69) is 57.7 Å². The van der Waals surface area contributed by atoms with Crippen molar-refractivity contribution in [1.29, 1.82) is 5.26 Å². The maximum Gasteiger partial charge on any atom is 0.243 e. The molecule has 2 heterocycles. The van der Waals surface area contributed by atoms with Gasteiger partial charge in [0.05, 0.1) is 16.8 Å². The minimum absolute atomic E-state index is 0.0186. The van der Waals surface area contributed by atoms with Crippen LogP contribution >= 0.6 is 11.6 Å². The van der Waals surface area contributed by atoms with E-state index in [1.165, 1.54) is 5.69 Å². The van der Waals surface area contributed by atoms with Crippen LogP contribution < -0.4 is 20.4 Å². The number of nitriles is 1. The highest BCUT2D eigenvalue weighted by Gasteiger charge is 2.35. The molecule has 0 unspecified atom stereocenters. The molecule has 7 heteroatoms. The molecule has 6 nitrogen and oxygen atoms in total. The van der Waals surface area contributed by atoms with Crippen LogP contribution in [0.3, 0.4) is 0 Å². The number of halogens is 1. The Bertz CT molecular complexity index is 965. The Balaban J connectivity index is 1.58.